The molecule has 0 aliphatic carbocycles. The van der Waals surface area contributed by atoms with Crippen molar-refractivity contribution in [3.05, 3.63) is 82.1 Å². The van der Waals surface area contributed by atoms with Crippen molar-refractivity contribution in [2.75, 3.05) is 4.90 Å². The number of tetrazole rings is 1. The van der Waals surface area contributed by atoms with Gasteiger partial charge in [0.2, 0.25) is 0 Å². The van der Waals surface area contributed by atoms with Crippen LogP contribution in [0, 0.1) is 20.8 Å². The third-order valence-corrected chi connectivity index (χ3v) is 7.62. The van der Waals surface area contributed by atoms with E-state index in [1.165, 1.54) is 28.1 Å². The van der Waals surface area contributed by atoms with Crippen molar-refractivity contribution in [1.29, 1.82) is 0 Å². The van der Waals surface area contributed by atoms with E-state index in [2.05, 4.69) is 107 Å². The summed E-state index contributed by atoms with van der Waals surface area (Å²) in [4.78, 5) is 12.4. The first kappa shape index (κ1) is 23.3. The Kier molecular flexibility index (Phi) is 5.74. The number of benzene rings is 2. The van der Waals surface area contributed by atoms with E-state index in [9.17, 15) is 0 Å². The smallest absolute Gasteiger partial charge is 0.197 e. The lowest BCUT2D eigenvalue weighted by atomic mass is 9.98. The molecule has 0 radical (unpaired) electrons. The first-order valence-electron chi connectivity index (χ1n) is 13.1. The molecule has 0 amide bonds. The molecule has 8 heteroatoms. The molecule has 0 saturated heterocycles. The number of rotatable bonds is 5. The van der Waals surface area contributed by atoms with E-state index in [0.29, 0.717) is 5.82 Å². The number of imidazole rings is 1. The first-order valence-corrected chi connectivity index (χ1v) is 13.1. The lowest BCUT2D eigenvalue weighted by molar-refractivity contribution is 0.628. The van der Waals surface area contributed by atoms with Crippen LogP contribution in [-0.2, 0) is 19.3 Å². The molecule has 1 N–H and O–H groups in total. The van der Waals surface area contributed by atoms with Gasteiger partial charge in [0.15, 0.2) is 11.5 Å². The number of hydrogen-bond acceptors (Lipinski definition) is 6. The number of nitrogens with zero attached hydrogens (tertiary/aromatic N) is 7. The van der Waals surface area contributed by atoms with Crippen molar-refractivity contribution in [3.8, 4) is 5.69 Å². The maximum Gasteiger partial charge on any atom is 0.197 e. The molecular weight excluding hydrogens is 460 g/mol. The molecule has 0 saturated carbocycles. The summed E-state index contributed by atoms with van der Waals surface area (Å²) in [6.45, 7) is 10.8. The number of nitrogens with one attached hydrogen (secondary N) is 1. The van der Waals surface area contributed by atoms with Gasteiger partial charge in [-0.1, -0.05) is 37.3 Å². The van der Waals surface area contributed by atoms with E-state index in [1.807, 2.05) is 0 Å². The maximum atomic E-state index is 5.01. The van der Waals surface area contributed by atoms with E-state index < -0.39 is 0 Å². The number of fused-ring (bicyclic) bond motifs is 3. The number of hydrogen-bond donors (Lipinski definition) is 1. The van der Waals surface area contributed by atoms with Gasteiger partial charge in [-0.3, -0.25) is 4.57 Å². The van der Waals surface area contributed by atoms with Crippen molar-refractivity contribution < 1.29 is 0 Å². The van der Waals surface area contributed by atoms with Crippen LogP contribution in [0.15, 0.2) is 42.5 Å². The Morgan fingerprint density at radius 3 is 2.51 bits per heavy atom. The third kappa shape index (κ3) is 3.70. The van der Waals surface area contributed by atoms with Gasteiger partial charge in [0.05, 0.1) is 11.7 Å². The first-order chi connectivity index (χ1) is 18.0. The van der Waals surface area contributed by atoms with E-state index >= 15 is 0 Å². The molecule has 6 rings (SSSR count). The van der Waals surface area contributed by atoms with Crippen LogP contribution < -0.4 is 4.90 Å². The monoisotopic (exact) mass is 492 g/mol. The highest BCUT2D eigenvalue weighted by molar-refractivity contribution is 5.80. The number of H-pyrrole nitrogens is 1. The fourth-order valence-corrected chi connectivity index (χ4v) is 5.88. The molecule has 5 aromatic rings. The van der Waals surface area contributed by atoms with Crippen LogP contribution in [-0.4, -0.2) is 35.2 Å². The topological polar surface area (TPSA) is 88.4 Å². The van der Waals surface area contributed by atoms with Gasteiger partial charge in [0, 0.05) is 23.5 Å². The van der Waals surface area contributed by atoms with Gasteiger partial charge < -0.3 is 4.90 Å². The number of anilines is 2. The molecule has 1 unspecified atom stereocenters. The molecule has 8 nitrogen and oxygen atoms in total. The molecule has 1 aliphatic heterocycles. The molecule has 0 fully saturated rings. The summed E-state index contributed by atoms with van der Waals surface area (Å²) in [5.74, 6) is 1.74. The number of aromatic amines is 1. The van der Waals surface area contributed by atoms with Gasteiger partial charge in [-0.25, -0.2) is 9.97 Å². The highest BCUT2D eigenvalue weighted by Gasteiger charge is 2.31. The standard InChI is InChI=1S/C29H32N8/c1-6-22(28-32-34-35-33-28)36-24-11-9-8-10-20(24)12-13-21-19(5)23(14-15-25(21)36)37-26(7-2)31-27-17(3)16-18(4)30-29(27)37/h8-11,14-16,22H,6-7,12-13H2,1-5H3,(H,32,33,34,35). The van der Waals surface area contributed by atoms with Gasteiger partial charge in [0.25, 0.3) is 0 Å². The molecule has 4 heterocycles. The zero-order valence-electron chi connectivity index (χ0n) is 22.1. The van der Waals surface area contributed by atoms with E-state index in [-0.39, 0.29) is 6.04 Å². The molecule has 0 bridgehead atoms. The second-order valence-electron chi connectivity index (χ2n) is 9.87. The molecule has 2 aromatic carbocycles. The summed E-state index contributed by atoms with van der Waals surface area (Å²) in [6.07, 6.45) is 3.60. The van der Waals surface area contributed by atoms with Crippen LogP contribution >= 0.6 is 0 Å². The summed E-state index contributed by atoms with van der Waals surface area (Å²) in [5, 5.41) is 15.3. The predicted molar refractivity (Wildman–Crippen MR) is 146 cm³/mol. The molecule has 0 spiro atoms. The highest BCUT2D eigenvalue weighted by Crippen LogP contribution is 2.44. The quantitative estimate of drug-likeness (QED) is 0.333. The van der Waals surface area contributed by atoms with Crippen LogP contribution in [0.4, 0.5) is 11.4 Å². The minimum absolute atomic E-state index is 0.0331. The fourth-order valence-electron chi connectivity index (χ4n) is 5.88. The second-order valence-corrected chi connectivity index (χ2v) is 9.87. The molecule has 1 aliphatic rings. The normalized spacial score (nSPS) is 13.9. The Bertz CT molecular complexity index is 1600. The zero-order valence-corrected chi connectivity index (χ0v) is 22.1. The summed E-state index contributed by atoms with van der Waals surface area (Å²) < 4.78 is 2.27. The molecule has 3 aromatic heterocycles. The van der Waals surface area contributed by atoms with Crippen molar-refractivity contribution in [2.45, 2.75) is 66.3 Å². The second kappa shape index (κ2) is 9.10. The van der Waals surface area contributed by atoms with Crippen molar-refractivity contribution in [3.63, 3.8) is 0 Å². The average Bonchev–Trinajstić information content (AvgIpc) is 3.51. The zero-order chi connectivity index (χ0) is 25.7. The lowest BCUT2D eigenvalue weighted by Crippen LogP contribution is -2.26. The van der Waals surface area contributed by atoms with Gasteiger partial charge in [-0.05, 0) is 86.6 Å². The summed E-state index contributed by atoms with van der Waals surface area (Å²) in [7, 11) is 0. The minimum atomic E-state index is -0.0331. The molecule has 188 valence electrons. The number of aromatic nitrogens is 7. The van der Waals surface area contributed by atoms with E-state index in [4.69, 9.17) is 9.97 Å². The Labute approximate surface area is 216 Å². The summed E-state index contributed by atoms with van der Waals surface area (Å²) in [6, 6.07) is 15.3. The Morgan fingerprint density at radius 1 is 0.946 bits per heavy atom. The van der Waals surface area contributed by atoms with E-state index in [0.717, 1.165) is 59.6 Å². The van der Waals surface area contributed by atoms with Crippen LogP contribution in [0.1, 0.15) is 65.9 Å². The summed E-state index contributed by atoms with van der Waals surface area (Å²) in [5.41, 5.74) is 11.6. The lowest BCUT2D eigenvalue weighted by Gasteiger charge is -2.33. The maximum absolute atomic E-state index is 5.01. The van der Waals surface area contributed by atoms with Crippen molar-refractivity contribution in [1.82, 2.24) is 35.2 Å². The Hall–Kier alpha value is -4.07. The predicted octanol–water partition coefficient (Wildman–Crippen LogP) is 5.81. The molecule has 1 atom stereocenters. The molecule has 37 heavy (non-hydrogen) atoms. The highest BCUT2D eigenvalue weighted by atomic mass is 15.5. The van der Waals surface area contributed by atoms with Gasteiger partial charge >= 0.3 is 0 Å². The fraction of sp³-hybridized carbons (Fsp3) is 0.345. The minimum Gasteiger partial charge on any atom is -0.330 e. The van der Waals surface area contributed by atoms with Crippen LogP contribution in [0.25, 0.3) is 16.9 Å². The average molecular weight is 493 g/mol. The largest absolute Gasteiger partial charge is 0.330 e. The SMILES string of the molecule is CCc1nc2c(C)cc(C)nc2n1-c1ccc2c(c1C)CCc1ccccc1N2C(CC)c1nn[nH]n1. The van der Waals surface area contributed by atoms with Gasteiger partial charge in [-0.2, -0.15) is 5.21 Å². The van der Waals surface area contributed by atoms with Crippen molar-refractivity contribution in [2.24, 2.45) is 0 Å². The van der Waals surface area contributed by atoms with Gasteiger partial charge in [0.1, 0.15) is 11.3 Å². The number of aryl methyl sites for hydroxylation is 4. The Morgan fingerprint density at radius 2 is 1.76 bits per heavy atom. The van der Waals surface area contributed by atoms with Crippen LogP contribution in [0.5, 0.6) is 0 Å². The van der Waals surface area contributed by atoms with Gasteiger partial charge in [-0.15, -0.1) is 10.2 Å². The van der Waals surface area contributed by atoms with E-state index in [1.54, 1.807) is 0 Å². The summed E-state index contributed by atoms with van der Waals surface area (Å²) >= 11 is 0. The number of pyridine rings is 1. The Balaban J connectivity index is 1.59. The van der Waals surface area contributed by atoms with Crippen LogP contribution in [0.2, 0.25) is 0 Å². The molecular formula is C29H32N8. The van der Waals surface area contributed by atoms with Crippen molar-refractivity contribution >= 4 is 22.5 Å². The number of para-hydroxylation sites is 1. The third-order valence-electron chi connectivity index (χ3n) is 7.62. The van der Waals surface area contributed by atoms with Crippen LogP contribution in [0.3, 0.4) is 0 Å².